The van der Waals surface area contributed by atoms with Crippen LogP contribution in [0.2, 0.25) is 0 Å². The van der Waals surface area contributed by atoms with Gasteiger partial charge in [0.2, 0.25) is 0 Å². The maximum Gasteiger partial charge on any atom is 0.164 e. The summed E-state index contributed by atoms with van der Waals surface area (Å²) in [5.74, 6) is 1.55. The number of phenolic OH excluding ortho intramolecular Hbond substituents is 1. The van der Waals surface area contributed by atoms with Gasteiger partial charge >= 0.3 is 0 Å². The largest absolute Gasteiger partial charge is 0.504 e. The molecular weight excluding hydrogens is 214 g/mol. The van der Waals surface area contributed by atoms with E-state index < -0.39 is 0 Å². The first-order valence-corrected chi connectivity index (χ1v) is 6.27. The summed E-state index contributed by atoms with van der Waals surface area (Å²) >= 11 is 0. The van der Waals surface area contributed by atoms with E-state index >= 15 is 0 Å². The molecule has 1 aromatic carbocycles. The minimum Gasteiger partial charge on any atom is -0.504 e. The number of phenols is 1. The number of para-hydroxylation sites is 1. The lowest BCUT2D eigenvalue weighted by molar-refractivity contribution is 0.0980. The molecule has 92 valence electrons. The van der Waals surface area contributed by atoms with Crippen LogP contribution in [0, 0.1) is 5.92 Å². The molecule has 2 heterocycles. The van der Waals surface area contributed by atoms with Crippen LogP contribution in [0.25, 0.3) is 0 Å². The highest BCUT2D eigenvalue weighted by molar-refractivity contribution is 5.53. The number of piperidine rings is 1. The van der Waals surface area contributed by atoms with E-state index in [9.17, 15) is 5.11 Å². The monoisotopic (exact) mass is 233 g/mol. The third kappa shape index (κ3) is 1.45. The van der Waals surface area contributed by atoms with Crippen LogP contribution < -0.4 is 4.74 Å². The third-order valence-electron chi connectivity index (χ3n) is 4.47. The van der Waals surface area contributed by atoms with Gasteiger partial charge in [-0.05, 0) is 32.0 Å². The molecule has 1 fully saturated rings. The molecule has 1 spiro atoms. The van der Waals surface area contributed by atoms with Crippen LogP contribution in [0.5, 0.6) is 11.5 Å². The Morgan fingerprint density at radius 2 is 2.29 bits per heavy atom. The Hall–Kier alpha value is -1.22. The highest BCUT2D eigenvalue weighted by atomic mass is 16.5. The van der Waals surface area contributed by atoms with Crippen molar-refractivity contribution in [2.24, 2.45) is 5.92 Å². The van der Waals surface area contributed by atoms with Crippen LogP contribution in [0.3, 0.4) is 0 Å². The lowest BCUT2D eigenvalue weighted by Crippen LogP contribution is -2.48. The van der Waals surface area contributed by atoms with Crippen LogP contribution in [0.1, 0.15) is 18.9 Å². The van der Waals surface area contributed by atoms with E-state index in [1.165, 1.54) is 5.56 Å². The fourth-order valence-corrected chi connectivity index (χ4v) is 3.33. The molecule has 1 saturated heterocycles. The molecule has 3 heteroatoms. The van der Waals surface area contributed by atoms with Gasteiger partial charge in [-0.25, -0.2) is 0 Å². The summed E-state index contributed by atoms with van der Waals surface area (Å²) < 4.78 is 5.76. The minimum atomic E-state index is 0.112. The molecule has 2 aliphatic heterocycles. The molecule has 2 atom stereocenters. The fourth-order valence-electron chi connectivity index (χ4n) is 3.33. The Kier molecular flexibility index (Phi) is 2.33. The van der Waals surface area contributed by atoms with Crippen LogP contribution in [0.15, 0.2) is 18.2 Å². The average Bonchev–Trinajstić information content (AvgIpc) is 2.66. The van der Waals surface area contributed by atoms with Crippen molar-refractivity contribution in [3.05, 3.63) is 23.8 Å². The minimum absolute atomic E-state index is 0.112. The summed E-state index contributed by atoms with van der Waals surface area (Å²) in [6.45, 7) is 5.20. The smallest absolute Gasteiger partial charge is 0.164 e. The van der Waals surface area contributed by atoms with E-state index in [0.717, 1.165) is 26.1 Å². The molecule has 0 aromatic heterocycles. The Balaban J connectivity index is 2.05. The van der Waals surface area contributed by atoms with Crippen molar-refractivity contribution in [3.63, 3.8) is 0 Å². The van der Waals surface area contributed by atoms with Gasteiger partial charge in [-0.2, -0.15) is 0 Å². The van der Waals surface area contributed by atoms with Crippen LogP contribution in [-0.4, -0.2) is 36.8 Å². The molecule has 1 N–H and O–H groups in total. The normalized spacial score (nSPS) is 32.5. The highest BCUT2D eigenvalue weighted by Crippen LogP contribution is 2.50. The second kappa shape index (κ2) is 3.64. The van der Waals surface area contributed by atoms with Crippen LogP contribution in [-0.2, 0) is 5.41 Å². The first-order valence-electron chi connectivity index (χ1n) is 6.27. The second-order valence-corrected chi connectivity index (χ2v) is 5.51. The number of likely N-dealkylation sites (tertiary alicyclic amines) is 1. The number of benzene rings is 1. The predicted octanol–water partition coefficient (Wildman–Crippen LogP) is 1.99. The van der Waals surface area contributed by atoms with Gasteiger partial charge in [0.15, 0.2) is 11.5 Å². The van der Waals surface area contributed by atoms with Crippen molar-refractivity contribution >= 4 is 0 Å². The Bertz CT molecular complexity index is 446. The van der Waals surface area contributed by atoms with Crippen molar-refractivity contribution in [1.82, 2.24) is 4.90 Å². The molecular formula is C14H19NO2. The fraction of sp³-hybridized carbons (Fsp3) is 0.571. The zero-order chi connectivity index (χ0) is 12.0. The Morgan fingerprint density at radius 1 is 1.47 bits per heavy atom. The van der Waals surface area contributed by atoms with E-state index in [4.69, 9.17) is 4.74 Å². The number of hydrogen-bond donors (Lipinski definition) is 1. The number of ether oxygens (including phenoxy) is 1. The Labute approximate surface area is 102 Å². The third-order valence-corrected chi connectivity index (χ3v) is 4.47. The summed E-state index contributed by atoms with van der Waals surface area (Å²) in [6, 6.07) is 5.75. The SMILES string of the molecule is CC1CN(C)CCC12COc1c(O)cccc12. The molecule has 17 heavy (non-hydrogen) atoms. The standard InChI is InChI=1S/C14H19NO2/c1-10-8-15(2)7-6-14(10)9-17-13-11(14)4-3-5-12(13)16/h3-5,10,16H,6-9H2,1-2H3. The molecule has 2 aliphatic rings. The average molecular weight is 233 g/mol. The van der Waals surface area contributed by atoms with Crippen molar-refractivity contribution in [3.8, 4) is 11.5 Å². The first-order chi connectivity index (χ1) is 8.13. The zero-order valence-electron chi connectivity index (χ0n) is 10.4. The lowest BCUT2D eigenvalue weighted by atomic mass is 9.68. The van der Waals surface area contributed by atoms with Crippen molar-refractivity contribution < 1.29 is 9.84 Å². The number of hydrogen-bond acceptors (Lipinski definition) is 3. The van der Waals surface area contributed by atoms with Gasteiger partial charge in [-0.3, -0.25) is 0 Å². The quantitative estimate of drug-likeness (QED) is 0.744. The van der Waals surface area contributed by atoms with Crippen molar-refractivity contribution in [2.45, 2.75) is 18.8 Å². The molecule has 1 aromatic rings. The van der Waals surface area contributed by atoms with Gasteiger partial charge < -0.3 is 14.7 Å². The summed E-state index contributed by atoms with van der Waals surface area (Å²) in [5, 5.41) is 9.85. The van der Waals surface area contributed by atoms with E-state index in [1.54, 1.807) is 6.07 Å². The number of nitrogens with zero attached hydrogens (tertiary/aromatic N) is 1. The van der Waals surface area contributed by atoms with E-state index in [1.807, 2.05) is 6.07 Å². The molecule has 0 radical (unpaired) electrons. The molecule has 0 amide bonds. The molecule has 2 unspecified atom stereocenters. The summed E-state index contributed by atoms with van der Waals surface area (Å²) in [6.07, 6.45) is 1.11. The number of rotatable bonds is 0. The highest BCUT2D eigenvalue weighted by Gasteiger charge is 2.47. The van der Waals surface area contributed by atoms with Gasteiger partial charge in [0.05, 0.1) is 6.61 Å². The predicted molar refractivity (Wildman–Crippen MR) is 66.6 cm³/mol. The molecule has 3 nitrogen and oxygen atoms in total. The van der Waals surface area contributed by atoms with E-state index in [-0.39, 0.29) is 11.2 Å². The maximum absolute atomic E-state index is 9.85. The van der Waals surface area contributed by atoms with Crippen molar-refractivity contribution in [2.75, 3.05) is 26.7 Å². The Morgan fingerprint density at radius 3 is 3.06 bits per heavy atom. The van der Waals surface area contributed by atoms with Crippen LogP contribution >= 0.6 is 0 Å². The topological polar surface area (TPSA) is 32.7 Å². The molecule has 3 rings (SSSR count). The lowest BCUT2D eigenvalue weighted by Gasteiger charge is -2.42. The number of aromatic hydroxyl groups is 1. The maximum atomic E-state index is 9.85. The zero-order valence-corrected chi connectivity index (χ0v) is 10.4. The summed E-state index contributed by atoms with van der Waals surface area (Å²) in [5.41, 5.74) is 1.32. The van der Waals surface area contributed by atoms with Gasteiger partial charge in [0.1, 0.15) is 0 Å². The number of fused-ring (bicyclic) bond motifs is 2. The van der Waals surface area contributed by atoms with Crippen molar-refractivity contribution in [1.29, 1.82) is 0 Å². The molecule has 0 saturated carbocycles. The summed E-state index contributed by atoms with van der Waals surface area (Å²) in [7, 11) is 2.17. The van der Waals surface area contributed by atoms with Gasteiger partial charge in [-0.15, -0.1) is 0 Å². The second-order valence-electron chi connectivity index (χ2n) is 5.51. The summed E-state index contributed by atoms with van der Waals surface area (Å²) in [4.78, 5) is 2.37. The van der Waals surface area contributed by atoms with E-state index in [0.29, 0.717) is 11.7 Å². The van der Waals surface area contributed by atoms with Crippen LogP contribution in [0.4, 0.5) is 0 Å². The van der Waals surface area contributed by atoms with Gasteiger partial charge in [0, 0.05) is 17.5 Å². The first kappa shape index (κ1) is 10.9. The van der Waals surface area contributed by atoms with Gasteiger partial charge in [-0.1, -0.05) is 19.1 Å². The molecule has 0 bridgehead atoms. The van der Waals surface area contributed by atoms with E-state index in [2.05, 4.69) is 24.9 Å². The molecule has 0 aliphatic carbocycles. The van der Waals surface area contributed by atoms with Gasteiger partial charge in [0.25, 0.3) is 0 Å².